The van der Waals surface area contributed by atoms with Crippen LogP contribution in [0, 0.1) is 4.77 Å². The Hall–Kier alpha value is -0.570. The lowest BCUT2D eigenvalue weighted by Crippen LogP contribution is -2.02. The summed E-state index contributed by atoms with van der Waals surface area (Å²) in [5, 5.41) is 0. The summed E-state index contributed by atoms with van der Waals surface area (Å²) in [5.74, 6) is 0. The highest BCUT2D eigenvalue weighted by atomic mass is 32.1. The predicted molar refractivity (Wildman–Crippen MR) is 192 cm³/mol. The van der Waals surface area contributed by atoms with E-state index >= 15 is 0 Å². The fourth-order valence-corrected chi connectivity index (χ4v) is 6.76. The summed E-state index contributed by atoms with van der Waals surface area (Å²) in [6.45, 7) is 6.81. The largest absolute Gasteiger partial charge is 0.324 e. The summed E-state index contributed by atoms with van der Waals surface area (Å²) in [4.78, 5) is 0. The first-order chi connectivity index (χ1) is 20.8. The van der Waals surface area contributed by atoms with Crippen molar-refractivity contribution in [3.63, 3.8) is 0 Å². The Morgan fingerprint density at radius 3 is 0.738 bits per heavy atom. The number of unbranched alkanes of at least 4 members (excludes halogenated alkanes) is 30. The molecule has 0 atom stereocenters. The second kappa shape index (κ2) is 31.8. The van der Waals surface area contributed by atoms with Gasteiger partial charge in [0.25, 0.3) is 0 Å². The molecule has 0 aromatic carbocycles. The predicted octanol–water partition coefficient (Wildman–Crippen LogP) is 14.5. The molecule has 1 aromatic heterocycles. The van der Waals surface area contributed by atoms with Gasteiger partial charge in [-0.15, -0.1) is 0 Å². The van der Waals surface area contributed by atoms with E-state index in [9.17, 15) is 0 Å². The lowest BCUT2D eigenvalue weighted by atomic mass is 10.0. The van der Waals surface area contributed by atoms with Crippen LogP contribution >= 0.6 is 12.2 Å². The van der Waals surface area contributed by atoms with Gasteiger partial charge in [0.05, 0.1) is 0 Å². The molecule has 0 saturated heterocycles. The molecule has 1 aromatic rings. The van der Waals surface area contributed by atoms with E-state index in [-0.39, 0.29) is 0 Å². The van der Waals surface area contributed by atoms with Gasteiger partial charge in [-0.25, -0.2) is 0 Å². The Labute approximate surface area is 270 Å². The lowest BCUT2D eigenvalue weighted by molar-refractivity contribution is 0.511. The monoisotopic (exact) mass is 605 g/mol. The molecular weight excluding hydrogens is 529 g/mol. The van der Waals surface area contributed by atoms with Crippen LogP contribution in [-0.4, -0.2) is 9.13 Å². The van der Waals surface area contributed by atoms with Crippen LogP contribution in [0.15, 0.2) is 12.4 Å². The SMILES string of the molecule is CCCCCCCCCCCCCCCCCCn1ccn(CCCCCCCCCCCCCCCCCC)c1=S. The molecule has 42 heavy (non-hydrogen) atoms. The van der Waals surface area contributed by atoms with Gasteiger partial charge in [-0.2, -0.15) is 0 Å². The molecule has 248 valence electrons. The van der Waals surface area contributed by atoms with Crippen LogP contribution in [0.4, 0.5) is 0 Å². The number of aromatic nitrogens is 2. The molecule has 1 heterocycles. The molecule has 0 saturated carbocycles. The van der Waals surface area contributed by atoms with Crippen molar-refractivity contribution in [1.82, 2.24) is 9.13 Å². The first-order valence-electron chi connectivity index (χ1n) is 19.5. The minimum absolute atomic E-state index is 1.04. The summed E-state index contributed by atoms with van der Waals surface area (Å²) in [6, 6.07) is 0. The fraction of sp³-hybridized carbons (Fsp3) is 0.923. The fourth-order valence-electron chi connectivity index (χ4n) is 6.45. The topological polar surface area (TPSA) is 9.86 Å². The number of rotatable bonds is 34. The Morgan fingerprint density at radius 1 is 0.333 bits per heavy atom. The average molecular weight is 605 g/mol. The molecule has 0 fully saturated rings. The molecule has 0 aliphatic rings. The Bertz CT molecular complexity index is 649. The maximum Gasteiger partial charge on any atom is 0.179 e. The molecular formula is C39H76N2S. The van der Waals surface area contributed by atoms with Gasteiger partial charge in [-0.3, -0.25) is 0 Å². The summed E-state index contributed by atoms with van der Waals surface area (Å²) < 4.78 is 5.66. The molecule has 0 spiro atoms. The van der Waals surface area contributed by atoms with E-state index in [0.717, 1.165) is 17.9 Å². The number of hydrogen-bond acceptors (Lipinski definition) is 1. The smallest absolute Gasteiger partial charge is 0.179 e. The van der Waals surface area contributed by atoms with Gasteiger partial charge in [0.2, 0.25) is 0 Å². The zero-order valence-electron chi connectivity index (χ0n) is 29.0. The van der Waals surface area contributed by atoms with E-state index in [1.807, 2.05) is 0 Å². The Balaban J connectivity index is 1.85. The maximum atomic E-state index is 5.77. The van der Waals surface area contributed by atoms with E-state index in [0.29, 0.717) is 0 Å². The van der Waals surface area contributed by atoms with Crippen molar-refractivity contribution in [1.29, 1.82) is 0 Å². The maximum absolute atomic E-state index is 5.77. The van der Waals surface area contributed by atoms with Crippen LogP contribution in [-0.2, 0) is 13.1 Å². The third kappa shape index (κ3) is 24.8. The second-order valence-corrected chi connectivity index (χ2v) is 13.9. The minimum atomic E-state index is 1.04. The van der Waals surface area contributed by atoms with Gasteiger partial charge in [0.1, 0.15) is 0 Å². The van der Waals surface area contributed by atoms with Gasteiger partial charge in [-0.1, -0.05) is 206 Å². The zero-order chi connectivity index (χ0) is 30.2. The van der Waals surface area contributed by atoms with Crippen molar-refractivity contribution in [3.05, 3.63) is 17.2 Å². The molecule has 0 unspecified atom stereocenters. The molecule has 0 bridgehead atoms. The van der Waals surface area contributed by atoms with Crippen molar-refractivity contribution < 1.29 is 0 Å². The van der Waals surface area contributed by atoms with E-state index in [4.69, 9.17) is 12.2 Å². The van der Waals surface area contributed by atoms with Crippen molar-refractivity contribution in [3.8, 4) is 0 Å². The Morgan fingerprint density at radius 2 is 0.524 bits per heavy atom. The highest BCUT2D eigenvalue weighted by molar-refractivity contribution is 7.71. The minimum Gasteiger partial charge on any atom is -0.324 e. The molecule has 0 N–H and O–H groups in total. The van der Waals surface area contributed by atoms with Gasteiger partial charge >= 0.3 is 0 Å². The second-order valence-electron chi connectivity index (χ2n) is 13.6. The van der Waals surface area contributed by atoms with E-state index in [1.165, 1.54) is 205 Å². The van der Waals surface area contributed by atoms with Crippen LogP contribution in [0.3, 0.4) is 0 Å². The molecule has 0 aliphatic carbocycles. The number of hydrogen-bond donors (Lipinski definition) is 0. The summed E-state index contributed by atoms with van der Waals surface area (Å²) in [7, 11) is 0. The molecule has 2 nitrogen and oxygen atoms in total. The normalized spacial score (nSPS) is 11.6. The van der Waals surface area contributed by atoms with Crippen molar-refractivity contribution >= 4 is 12.2 Å². The van der Waals surface area contributed by atoms with Gasteiger partial charge < -0.3 is 9.13 Å². The van der Waals surface area contributed by atoms with Gasteiger partial charge in [0, 0.05) is 25.5 Å². The zero-order valence-corrected chi connectivity index (χ0v) is 29.8. The highest BCUT2D eigenvalue weighted by Gasteiger charge is 2.01. The number of nitrogens with zero attached hydrogens (tertiary/aromatic N) is 2. The van der Waals surface area contributed by atoms with E-state index in [2.05, 4.69) is 35.4 Å². The van der Waals surface area contributed by atoms with Crippen molar-refractivity contribution in [2.45, 2.75) is 232 Å². The molecule has 0 aliphatic heterocycles. The standard InChI is InChI=1S/C39H76N2S/c1-3-5-7-9-11-13-15-17-19-21-23-25-27-29-31-33-35-40-37-38-41(39(40)42)36-34-32-30-28-26-24-22-20-18-16-14-12-10-8-6-4-2/h37-38H,3-36H2,1-2H3. The molecule has 3 heteroatoms. The number of imidazole rings is 1. The number of aryl methyl sites for hydroxylation is 2. The third-order valence-corrected chi connectivity index (χ3v) is 9.89. The average Bonchev–Trinajstić information content (AvgIpc) is 3.35. The van der Waals surface area contributed by atoms with Crippen LogP contribution in [0.25, 0.3) is 0 Å². The van der Waals surface area contributed by atoms with Crippen LogP contribution < -0.4 is 0 Å². The van der Waals surface area contributed by atoms with Crippen LogP contribution in [0.5, 0.6) is 0 Å². The van der Waals surface area contributed by atoms with Crippen molar-refractivity contribution in [2.24, 2.45) is 0 Å². The highest BCUT2D eigenvalue weighted by Crippen LogP contribution is 2.16. The van der Waals surface area contributed by atoms with Gasteiger partial charge in [-0.05, 0) is 25.1 Å². The van der Waals surface area contributed by atoms with Gasteiger partial charge in [0.15, 0.2) is 4.77 Å². The molecule has 1 rings (SSSR count). The van der Waals surface area contributed by atoms with Crippen LogP contribution in [0.1, 0.15) is 219 Å². The summed E-state index contributed by atoms with van der Waals surface area (Å²) in [5.41, 5.74) is 0. The summed E-state index contributed by atoms with van der Waals surface area (Å²) in [6.07, 6.45) is 50.1. The van der Waals surface area contributed by atoms with Crippen molar-refractivity contribution in [2.75, 3.05) is 0 Å². The first kappa shape index (κ1) is 39.5. The molecule has 0 amide bonds. The van der Waals surface area contributed by atoms with Crippen LogP contribution in [0.2, 0.25) is 0 Å². The van der Waals surface area contributed by atoms with E-state index in [1.54, 1.807) is 0 Å². The quantitative estimate of drug-likeness (QED) is 0.0562. The summed E-state index contributed by atoms with van der Waals surface area (Å²) >= 11 is 5.77. The first-order valence-corrected chi connectivity index (χ1v) is 20.0. The molecule has 0 radical (unpaired) electrons. The third-order valence-electron chi connectivity index (χ3n) is 9.42. The lowest BCUT2D eigenvalue weighted by Gasteiger charge is -2.06. The van der Waals surface area contributed by atoms with E-state index < -0.39 is 0 Å². The Kier molecular flexibility index (Phi) is 29.9.